The average molecular weight is 420 g/mol. The fourth-order valence-corrected chi connectivity index (χ4v) is 4.00. The first-order valence-corrected chi connectivity index (χ1v) is 9.91. The van der Waals surface area contributed by atoms with Gasteiger partial charge in [-0.15, -0.1) is 11.7 Å². The SMILES string of the molecule is C=CCSc1ncn(CC2(c3ccc(F)cc3F)OC2c2ccccc2Cl)n1. The molecule has 0 N–H and O–H groups in total. The zero-order chi connectivity index (χ0) is 19.7. The van der Waals surface area contributed by atoms with Gasteiger partial charge in [0.05, 0.1) is 6.54 Å². The first-order valence-electron chi connectivity index (χ1n) is 8.54. The summed E-state index contributed by atoms with van der Waals surface area (Å²) in [6.45, 7) is 3.89. The number of rotatable bonds is 7. The molecule has 2 aromatic carbocycles. The average Bonchev–Trinajstić information content (AvgIpc) is 3.19. The molecule has 0 amide bonds. The van der Waals surface area contributed by atoms with E-state index in [9.17, 15) is 8.78 Å². The number of ether oxygens (including phenoxy) is 1. The number of epoxide rings is 1. The second-order valence-corrected chi connectivity index (χ2v) is 7.75. The van der Waals surface area contributed by atoms with Gasteiger partial charge in [-0.05, 0) is 12.1 Å². The highest BCUT2D eigenvalue weighted by Gasteiger charge is 2.60. The smallest absolute Gasteiger partial charge is 0.208 e. The van der Waals surface area contributed by atoms with Crippen LogP contribution in [0.25, 0.3) is 0 Å². The molecule has 0 aliphatic carbocycles. The van der Waals surface area contributed by atoms with Gasteiger partial charge in [-0.2, -0.15) is 0 Å². The summed E-state index contributed by atoms with van der Waals surface area (Å²) in [4.78, 5) is 4.24. The van der Waals surface area contributed by atoms with Gasteiger partial charge < -0.3 is 4.74 Å². The minimum absolute atomic E-state index is 0.215. The summed E-state index contributed by atoms with van der Waals surface area (Å²) in [6.07, 6.45) is 2.85. The monoisotopic (exact) mass is 419 g/mol. The number of nitrogens with zero attached hydrogens (tertiary/aromatic N) is 3. The van der Waals surface area contributed by atoms with Crippen molar-refractivity contribution in [2.24, 2.45) is 0 Å². The van der Waals surface area contributed by atoms with Crippen LogP contribution in [0.5, 0.6) is 0 Å². The molecule has 1 aromatic heterocycles. The Labute approximate surface area is 170 Å². The van der Waals surface area contributed by atoms with E-state index in [0.29, 0.717) is 15.9 Å². The van der Waals surface area contributed by atoms with Crippen molar-refractivity contribution >= 4 is 23.4 Å². The molecule has 2 atom stereocenters. The maximum atomic E-state index is 14.6. The first-order chi connectivity index (χ1) is 13.5. The fraction of sp³-hybridized carbons (Fsp3) is 0.200. The lowest BCUT2D eigenvalue weighted by Gasteiger charge is -2.15. The maximum Gasteiger partial charge on any atom is 0.208 e. The standard InChI is InChI=1S/C20H16ClF2N3OS/c1-2-9-28-19-24-12-26(25-19)11-20(15-8-7-13(22)10-17(15)23)18(27-20)14-5-3-4-6-16(14)21/h2-8,10,12,18H,1,9,11H2. The van der Waals surface area contributed by atoms with Gasteiger partial charge in [0.25, 0.3) is 0 Å². The molecule has 0 spiro atoms. The molecule has 0 saturated carbocycles. The van der Waals surface area contributed by atoms with Crippen molar-refractivity contribution in [3.8, 4) is 0 Å². The lowest BCUT2D eigenvalue weighted by atomic mass is 9.91. The molecule has 28 heavy (non-hydrogen) atoms. The summed E-state index contributed by atoms with van der Waals surface area (Å²) in [7, 11) is 0. The molecule has 1 fully saturated rings. The second-order valence-electron chi connectivity index (χ2n) is 6.36. The van der Waals surface area contributed by atoms with Crippen molar-refractivity contribution < 1.29 is 13.5 Å². The summed E-state index contributed by atoms with van der Waals surface area (Å²) < 4.78 is 35.7. The van der Waals surface area contributed by atoms with Gasteiger partial charge >= 0.3 is 0 Å². The summed E-state index contributed by atoms with van der Waals surface area (Å²) in [5.41, 5.74) is -0.0412. The quantitative estimate of drug-likeness (QED) is 0.301. The van der Waals surface area contributed by atoms with E-state index in [2.05, 4.69) is 16.7 Å². The molecule has 1 aliphatic rings. The van der Waals surface area contributed by atoms with Crippen LogP contribution < -0.4 is 0 Å². The van der Waals surface area contributed by atoms with Gasteiger partial charge in [-0.25, -0.2) is 18.4 Å². The molecule has 4 rings (SSSR count). The Morgan fingerprint density at radius 3 is 2.86 bits per heavy atom. The molecule has 0 bridgehead atoms. The van der Waals surface area contributed by atoms with E-state index in [-0.39, 0.29) is 12.1 Å². The summed E-state index contributed by atoms with van der Waals surface area (Å²) in [5.74, 6) is -0.633. The molecular formula is C20H16ClF2N3OS. The molecule has 8 heteroatoms. The number of halogens is 3. The number of hydrogen-bond acceptors (Lipinski definition) is 4. The predicted molar refractivity (Wildman–Crippen MR) is 104 cm³/mol. The van der Waals surface area contributed by atoms with E-state index < -0.39 is 23.3 Å². The third-order valence-corrected chi connectivity index (χ3v) is 5.70. The van der Waals surface area contributed by atoms with Crippen molar-refractivity contribution in [3.63, 3.8) is 0 Å². The van der Waals surface area contributed by atoms with Gasteiger partial charge in [-0.3, -0.25) is 0 Å². The predicted octanol–water partition coefficient (Wildman–Crippen LogP) is 5.15. The summed E-state index contributed by atoms with van der Waals surface area (Å²) >= 11 is 7.76. The highest BCUT2D eigenvalue weighted by Crippen LogP contribution is 2.59. The molecule has 144 valence electrons. The van der Waals surface area contributed by atoms with Crippen molar-refractivity contribution in [2.45, 2.75) is 23.4 Å². The lowest BCUT2D eigenvalue weighted by molar-refractivity contribution is 0.256. The van der Waals surface area contributed by atoms with Crippen LogP contribution in [-0.2, 0) is 16.9 Å². The van der Waals surface area contributed by atoms with Crippen LogP contribution in [0.1, 0.15) is 17.2 Å². The van der Waals surface area contributed by atoms with Gasteiger partial charge in [0.15, 0.2) is 0 Å². The zero-order valence-electron chi connectivity index (χ0n) is 14.7. The lowest BCUT2D eigenvalue weighted by Crippen LogP contribution is -2.21. The van der Waals surface area contributed by atoms with Gasteiger partial charge in [0.1, 0.15) is 29.7 Å². The molecule has 1 saturated heterocycles. The van der Waals surface area contributed by atoms with Crippen LogP contribution in [0.3, 0.4) is 0 Å². The van der Waals surface area contributed by atoms with E-state index in [0.717, 1.165) is 11.6 Å². The minimum atomic E-state index is -1.04. The van der Waals surface area contributed by atoms with Crippen LogP contribution in [0.2, 0.25) is 5.02 Å². The summed E-state index contributed by atoms with van der Waals surface area (Å²) in [5, 5.41) is 5.52. The normalized spacial score (nSPS) is 20.9. The van der Waals surface area contributed by atoms with Gasteiger partial charge in [0, 0.05) is 28.0 Å². The van der Waals surface area contributed by atoms with E-state index in [1.807, 2.05) is 18.2 Å². The first kappa shape index (κ1) is 19.1. The van der Waals surface area contributed by atoms with Crippen LogP contribution in [0.15, 0.2) is 66.6 Å². The summed E-state index contributed by atoms with van der Waals surface area (Å²) in [6, 6.07) is 10.7. The number of benzene rings is 2. The van der Waals surface area contributed by atoms with E-state index >= 15 is 0 Å². The topological polar surface area (TPSA) is 43.2 Å². The molecule has 3 aromatic rings. The van der Waals surface area contributed by atoms with Crippen molar-refractivity contribution in [3.05, 3.63) is 89.2 Å². The van der Waals surface area contributed by atoms with Crippen LogP contribution in [0, 0.1) is 11.6 Å². The molecule has 2 unspecified atom stereocenters. The van der Waals surface area contributed by atoms with Crippen molar-refractivity contribution in [1.82, 2.24) is 14.8 Å². The Balaban J connectivity index is 1.70. The third-order valence-electron chi connectivity index (χ3n) is 4.51. The van der Waals surface area contributed by atoms with E-state index in [4.69, 9.17) is 16.3 Å². The van der Waals surface area contributed by atoms with E-state index in [1.165, 1.54) is 23.9 Å². The zero-order valence-corrected chi connectivity index (χ0v) is 16.3. The molecule has 2 heterocycles. The van der Waals surface area contributed by atoms with E-state index in [1.54, 1.807) is 23.2 Å². The van der Waals surface area contributed by atoms with Crippen LogP contribution in [-0.4, -0.2) is 20.5 Å². The van der Waals surface area contributed by atoms with Crippen LogP contribution in [0.4, 0.5) is 8.78 Å². The maximum absolute atomic E-state index is 14.6. The molecular weight excluding hydrogens is 404 g/mol. The van der Waals surface area contributed by atoms with Crippen molar-refractivity contribution in [2.75, 3.05) is 5.75 Å². The molecule has 1 aliphatic heterocycles. The Morgan fingerprint density at radius 1 is 1.29 bits per heavy atom. The Kier molecular flexibility index (Phi) is 5.23. The Hall–Kier alpha value is -2.22. The molecule has 0 radical (unpaired) electrons. The Bertz CT molecular complexity index is 1030. The highest BCUT2D eigenvalue weighted by molar-refractivity contribution is 7.99. The van der Waals surface area contributed by atoms with Gasteiger partial charge in [0.2, 0.25) is 5.16 Å². The minimum Gasteiger partial charge on any atom is -0.354 e. The van der Waals surface area contributed by atoms with Crippen LogP contribution >= 0.6 is 23.4 Å². The van der Waals surface area contributed by atoms with Gasteiger partial charge in [-0.1, -0.05) is 53.7 Å². The number of hydrogen-bond donors (Lipinski definition) is 0. The largest absolute Gasteiger partial charge is 0.354 e. The highest BCUT2D eigenvalue weighted by atomic mass is 35.5. The Morgan fingerprint density at radius 2 is 2.11 bits per heavy atom. The number of thioether (sulfide) groups is 1. The van der Waals surface area contributed by atoms with Crippen molar-refractivity contribution in [1.29, 1.82) is 0 Å². The second kappa shape index (κ2) is 7.66. The number of aromatic nitrogens is 3. The fourth-order valence-electron chi connectivity index (χ4n) is 3.22. The molecule has 4 nitrogen and oxygen atoms in total. The third kappa shape index (κ3) is 3.57.